The third-order valence-electron chi connectivity index (χ3n) is 1.60. The normalized spacial score (nSPS) is 13.8. The standard InChI is InChI=1S/C11H14O4/c1-9(2)11(12)15-8-7-14-10-5-3-4-6-13-10/h3-5H,1,6-8H2,2H3. The van der Waals surface area contributed by atoms with Gasteiger partial charge in [0.05, 0.1) is 0 Å². The van der Waals surface area contributed by atoms with Crippen LogP contribution in [-0.2, 0) is 19.0 Å². The Morgan fingerprint density at radius 3 is 3.00 bits per heavy atom. The second-order valence-corrected chi connectivity index (χ2v) is 2.99. The van der Waals surface area contributed by atoms with Crippen molar-refractivity contribution in [3.8, 4) is 0 Å². The average molecular weight is 210 g/mol. The van der Waals surface area contributed by atoms with Crippen LogP contribution in [-0.4, -0.2) is 25.8 Å². The summed E-state index contributed by atoms with van der Waals surface area (Å²) in [6, 6.07) is 0. The fourth-order valence-electron chi connectivity index (χ4n) is 0.870. The maximum absolute atomic E-state index is 11.0. The third-order valence-corrected chi connectivity index (χ3v) is 1.60. The molecule has 0 saturated carbocycles. The first-order valence-corrected chi connectivity index (χ1v) is 4.65. The SMILES string of the molecule is C=C(C)C(=O)OCCOC1=CC=CCO1. The lowest BCUT2D eigenvalue weighted by Gasteiger charge is -2.12. The van der Waals surface area contributed by atoms with Gasteiger partial charge in [0.1, 0.15) is 19.8 Å². The predicted octanol–water partition coefficient (Wildman–Crippen LogP) is 1.55. The van der Waals surface area contributed by atoms with Crippen LogP contribution >= 0.6 is 0 Å². The zero-order valence-corrected chi connectivity index (χ0v) is 8.69. The van der Waals surface area contributed by atoms with Crippen LogP contribution in [0, 0.1) is 0 Å². The molecule has 0 aromatic rings. The molecule has 0 spiro atoms. The highest BCUT2D eigenvalue weighted by atomic mass is 16.7. The fraction of sp³-hybridized carbons (Fsp3) is 0.364. The summed E-state index contributed by atoms with van der Waals surface area (Å²) in [5, 5.41) is 0. The molecule has 1 heterocycles. The van der Waals surface area contributed by atoms with Gasteiger partial charge < -0.3 is 14.2 Å². The molecule has 1 aliphatic rings. The molecule has 0 unspecified atom stereocenters. The quantitative estimate of drug-likeness (QED) is 0.392. The van der Waals surface area contributed by atoms with Crippen molar-refractivity contribution in [2.45, 2.75) is 6.92 Å². The van der Waals surface area contributed by atoms with Crippen molar-refractivity contribution in [2.75, 3.05) is 19.8 Å². The van der Waals surface area contributed by atoms with Crippen LogP contribution in [0.25, 0.3) is 0 Å². The van der Waals surface area contributed by atoms with Crippen molar-refractivity contribution in [1.29, 1.82) is 0 Å². The minimum Gasteiger partial charge on any atom is -0.462 e. The summed E-state index contributed by atoms with van der Waals surface area (Å²) >= 11 is 0. The van der Waals surface area contributed by atoms with Crippen LogP contribution in [0.3, 0.4) is 0 Å². The zero-order chi connectivity index (χ0) is 11.1. The summed E-state index contributed by atoms with van der Waals surface area (Å²) < 4.78 is 15.2. The van der Waals surface area contributed by atoms with E-state index in [1.54, 1.807) is 13.0 Å². The molecule has 15 heavy (non-hydrogen) atoms. The minimum absolute atomic E-state index is 0.191. The molecule has 0 fully saturated rings. The second-order valence-electron chi connectivity index (χ2n) is 2.99. The number of allylic oxidation sites excluding steroid dienone is 2. The maximum Gasteiger partial charge on any atom is 0.333 e. The van der Waals surface area contributed by atoms with Gasteiger partial charge in [-0.05, 0) is 13.0 Å². The van der Waals surface area contributed by atoms with E-state index in [9.17, 15) is 4.79 Å². The highest BCUT2D eigenvalue weighted by Gasteiger charge is 2.04. The van der Waals surface area contributed by atoms with Crippen LogP contribution in [0.5, 0.6) is 0 Å². The highest BCUT2D eigenvalue weighted by Crippen LogP contribution is 2.05. The lowest BCUT2D eigenvalue weighted by molar-refractivity contribution is -0.140. The molecule has 4 nitrogen and oxygen atoms in total. The van der Waals surface area contributed by atoms with Gasteiger partial charge >= 0.3 is 5.97 Å². The fourth-order valence-corrected chi connectivity index (χ4v) is 0.870. The topological polar surface area (TPSA) is 44.8 Å². The molecule has 4 heteroatoms. The first-order chi connectivity index (χ1) is 7.20. The van der Waals surface area contributed by atoms with Gasteiger partial charge in [0, 0.05) is 11.6 Å². The molecule has 0 N–H and O–H groups in total. The molecular weight excluding hydrogens is 196 g/mol. The van der Waals surface area contributed by atoms with E-state index in [0.29, 0.717) is 18.1 Å². The average Bonchev–Trinajstić information content (AvgIpc) is 2.25. The molecule has 1 rings (SSSR count). The molecule has 82 valence electrons. The Balaban J connectivity index is 2.11. The van der Waals surface area contributed by atoms with Crippen LogP contribution in [0.2, 0.25) is 0 Å². The van der Waals surface area contributed by atoms with Crippen LogP contribution in [0.4, 0.5) is 0 Å². The van der Waals surface area contributed by atoms with Crippen molar-refractivity contribution in [2.24, 2.45) is 0 Å². The summed E-state index contributed by atoms with van der Waals surface area (Å²) in [6.45, 7) is 6.04. The summed E-state index contributed by atoms with van der Waals surface area (Å²) in [6.07, 6.45) is 5.43. The Morgan fingerprint density at radius 1 is 1.60 bits per heavy atom. The third kappa shape index (κ3) is 4.35. The van der Waals surface area contributed by atoms with Gasteiger partial charge in [0.15, 0.2) is 0 Å². The van der Waals surface area contributed by atoms with Gasteiger partial charge in [-0.2, -0.15) is 0 Å². The Bertz CT molecular complexity index is 302. The van der Waals surface area contributed by atoms with E-state index in [2.05, 4.69) is 6.58 Å². The largest absolute Gasteiger partial charge is 0.462 e. The van der Waals surface area contributed by atoms with Gasteiger partial charge in [0.25, 0.3) is 5.95 Å². The van der Waals surface area contributed by atoms with Gasteiger partial charge in [-0.25, -0.2) is 4.79 Å². The minimum atomic E-state index is -0.406. The molecule has 0 aromatic heterocycles. The second kappa shape index (κ2) is 5.90. The predicted molar refractivity (Wildman–Crippen MR) is 54.9 cm³/mol. The Kier molecular flexibility index (Phi) is 4.47. The lowest BCUT2D eigenvalue weighted by atomic mass is 10.4. The smallest absolute Gasteiger partial charge is 0.333 e. The Labute approximate surface area is 88.8 Å². The first-order valence-electron chi connectivity index (χ1n) is 4.65. The maximum atomic E-state index is 11.0. The molecule has 1 aliphatic heterocycles. The van der Waals surface area contributed by atoms with Gasteiger partial charge in [-0.15, -0.1) is 0 Å². The van der Waals surface area contributed by atoms with Gasteiger partial charge in [-0.1, -0.05) is 12.7 Å². The molecule has 0 saturated heterocycles. The van der Waals surface area contributed by atoms with Crippen molar-refractivity contribution in [3.63, 3.8) is 0 Å². The van der Waals surface area contributed by atoms with E-state index in [4.69, 9.17) is 14.2 Å². The summed E-state index contributed by atoms with van der Waals surface area (Å²) in [4.78, 5) is 11.0. The molecule has 0 bridgehead atoms. The number of rotatable bonds is 5. The van der Waals surface area contributed by atoms with E-state index < -0.39 is 5.97 Å². The van der Waals surface area contributed by atoms with Gasteiger partial charge in [0.2, 0.25) is 0 Å². The first kappa shape index (κ1) is 11.4. The van der Waals surface area contributed by atoms with Crippen molar-refractivity contribution >= 4 is 5.97 Å². The number of carbonyl (C=O) groups is 1. The van der Waals surface area contributed by atoms with Crippen LogP contribution in [0.15, 0.2) is 36.3 Å². The number of carbonyl (C=O) groups excluding carboxylic acids is 1. The van der Waals surface area contributed by atoms with E-state index in [1.165, 1.54) is 0 Å². The number of ether oxygens (including phenoxy) is 3. The Hall–Kier alpha value is -1.71. The van der Waals surface area contributed by atoms with Gasteiger partial charge in [-0.3, -0.25) is 0 Å². The highest BCUT2D eigenvalue weighted by molar-refractivity contribution is 5.86. The van der Waals surface area contributed by atoms with Crippen molar-refractivity contribution in [3.05, 3.63) is 36.3 Å². The van der Waals surface area contributed by atoms with E-state index in [1.807, 2.05) is 12.2 Å². The molecule has 0 radical (unpaired) electrons. The molecule has 0 aliphatic carbocycles. The number of hydrogen-bond donors (Lipinski definition) is 0. The monoisotopic (exact) mass is 210 g/mol. The zero-order valence-electron chi connectivity index (χ0n) is 8.69. The molecule has 0 amide bonds. The van der Waals surface area contributed by atoms with Crippen molar-refractivity contribution in [1.82, 2.24) is 0 Å². The van der Waals surface area contributed by atoms with E-state index in [0.717, 1.165) is 0 Å². The van der Waals surface area contributed by atoms with Crippen LogP contribution in [0.1, 0.15) is 6.92 Å². The summed E-state index contributed by atoms with van der Waals surface area (Å²) in [5.41, 5.74) is 0.381. The number of esters is 1. The molecule has 0 atom stereocenters. The molecule has 0 aromatic carbocycles. The lowest BCUT2D eigenvalue weighted by Crippen LogP contribution is -2.12. The summed E-state index contributed by atoms with van der Waals surface area (Å²) in [7, 11) is 0. The van der Waals surface area contributed by atoms with E-state index in [-0.39, 0.29) is 13.2 Å². The van der Waals surface area contributed by atoms with E-state index >= 15 is 0 Å². The number of hydrogen-bond acceptors (Lipinski definition) is 4. The Morgan fingerprint density at radius 2 is 2.40 bits per heavy atom. The molecular formula is C11H14O4. The summed E-state index contributed by atoms with van der Waals surface area (Å²) in [5.74, 6) is 0.0425. The van der Waals surface area contributed by atoms with Crippen LogP contribution < -0.4 is 0 Å². The van der Waals surface area contributed by atoms with Crippen molar-refractivity contribution < 1.29 is 19.0 Å².